The number of nitrogens with zero attached hydrogens (tertiary/aromatic N) is 1. The van der Waals surface area contributed by atoms with Crippen molar-refractivity contribution >= 4 is 22.4 Å². The third kappa shape index (κ3) is 3.55. The van der Waals surface area contributed by atoms with Crippen LogP contribution in [0, 0.1) is 0 Å². The summed E-state index contributed by atoms with van der Waals surface area (Å²) in [7, 11) is 0. The Morgan fingerprint density at radius 3 is 2.46 bits per heavy atom. The highest BCUT2D eigenvalue weighted by Crippen LogP contribution is 2.28. The van der Waals surface area contributed by atoms with Crippen LogP contribution in [0.1, 0.15) is 48.8 Å². The molecule has 28 heavy (non-hydrogen) atoms. The zero-order valence-corrected chi connectivity index (χ0v) is 16.6. The van der Waals surface area contributed by atoms with Gasteiger partial charge in [0, 0.05) is 24.0 Å². The van der Waals surface area contributed by atoms with Crippen LogP contribution in [-0.2, 0) is 5.41 Å². The number of fused-ring (bicyclic) bond motifs is 1. The van der Waals surface area contributed by atoms with E-state index in [0.29, 0.717) is 18.8 Å². The summed E-state index contributed by atoms with van der Waals surface area (Å²) in [6.07, 6.45) is 2.92. The number of aromatic nitrogens is 1. The van der Waals surface area contributed by atoms with Crippen molar-refractivity contribution in [2.24, 2.45) is 0 Å². The number of aromatic amines is 1. The standard InChI is InChI=1S/C24H26N2O2/c1-24(2,3)19-7-4-18-14-22(25-21(18)15-19)23(28)26-12-10-17(11-13-26)16-5-8-20(27)9-6-16/h4-10,14-15,25,27H,11-13H2,1-3H3. The molecule has 2 heterocycles. The van der Waals surface area contributed by atoms with Gasteiger partial charge in [0.2, 0.25) is 0 Å². The highest BCUT2D eigenvalue weighted by Gasteiger charge is 2.21. The number of nitrogens with one attached hydrogen (secondary N) is 1. The second kappa shape index (κ2) is 6.86. The summed E-state index contributed by atoms with van der Waals surface area (Å²) in [4.78, 5) is 18.2. The Morgan fingerprint density at radius 2 is 1.82 bits per heavy atom. The lowest BCUT2D eigenvalue weighted by atomic mass is 9.87. The van der Waals surface area contributed by atoms with Gasteiger partial charge in [-0.2, -0.15) is 0 Å². The first-order valence-corrected chi connectivity index (χ1v) is 9.72. The molecule has 1 aromatic heterocycles. The van der Waals surface area contributed by atoms with Crippen LogP contribution in [0.2, 0.25) is 0 Å². The van der Waals surface area contributed by atoms with Crippen LogP contribution in [0.3, 0.4) is 0 Å². The predicted octanol–water partition coefficient (Wildman–Crippen LogP) is 5.10. The summed E-state index contributed by atoms with van der Waals surface area (Å²) >= 11 is 0. The van der Waals surface area contributed by atoms with Crippen LogP contribution in [0.5, 0.6) is 5.75 Å². The van der Waals surface area contributed by atoms with Gasteiger partial charge in [0.25, 0.3) is 5.91 Å². The van der Waals surface area contributed by atoms with E-state index in [0.717, 1.165) is 22.9 Å². The van der Waals surface area contributed by atoms with Crippen molar-refractivity contribution in [1.82, 2.24) is 9.88 Å². The minimum absolute atomic E-state index is 0.0366. The lowest BCUT2D eigenvalue weighted by molar-refractivity contribution is 0.0768. The fourth-order valence-corrected chi connectivity index (χ4v) is 3.67. The summed E-state index contributed by atoms with van der Waals surface area (Å²) in [5.74, 6) is 0.305. The van der Waals surface area contributed by atoms with Gasteiger partial charge in [0.15, 0.2) is 0 Å². The molecule has 0 fully saturated rings. The molecule has 0 atom stereocenters. The van der Waals surface area contributed by atoms with E-state index in [4.69, 9.17) is 0 Å². The molecule has 2 aromatic carbocycles. The zero-order valence-electron chi connectivity index (χ0n) is 16.6. The van der Waals surface area contributed by atoms with Crippen molar-refractivity contribution in [2.75, 3.05) is 13.1 Å². The van der Waals surface area contributed by atoms with Crippen molar-refractivity contribution in [3.05, 3.63) is 71.4 Å². The van der Waals surface area contributed by atoms with E-state index < -0.39 is 0 Å². The van der Waals surface area contributed by atoms with E-state index in [-0.39, 0.29) is 17.1 Å². The third-order valence-corrected chi connectivity index (χ3v) is 5.45. The highest BCUT2D eigenvalue weighted by molar-refractivity contribution is 5.98. The number of aromatic hydroxyl groups is 1. The van der Waals surface area contributed by atoms with E-state index in [2.05, 4.69) is 50.0 Å². The second-order valence-corrected chi connectivity index (χ2v) is 8.51. The molecule has 4 rings (SSSR count). The van der Waals surface area contributed by atoms with Gasteiger partial charge in [-0.05, 0) is 52.8 Å². The molecular formula is C24H26N2O2. The Bertz CT molecular complexity index is 1050. The Kier molecular flexibility index (Phi) is 4.50. The predicted molar refractivity (Wildman–Crippen MR) is 114 cm³/mol. The van der Waals surface area contributed by atoms with E-state index in [1.54, 1.807) is 12.1 Å². The molecule has 2 N–H and O–H groups in total. The van der Waals surface area contributed by atoms with Gasteiger partial charge in [0.05, 0.1) is 0 Å². The van der Waals surface area contributed by atoms with Crippen LogP contribution >= 0.6 is 0 Å². The summed E-state index contributed by atoms with van der Waals surface area (Å²) in [6, 6.07) is 15.6. The average Bonchev–Trinajstić information content (AvgIpc) is 3.11. The monoisotopic (exact) mass is 374 g/mol. The molecule has 3 aromatic rings. The molecule has 0 saturated heterocycles. The smallest absolute Gasteiger partial charge is 0.270 e. The number of phenolic OH excluding ortho intramolecular Hbond substituents is 1. The number of phenols is 1. The largest absolute Gasteiger partial charge is 0.508 e. The van der Waals surface area contributed by atoms with E-state index in [1.807, 2.05) is 23.1 Å². The molecule has 4 heteroatoms. The molecule has 0 spiro atoms. The lowest BCUT2D eigenvalue weighted by Crippen LogP contribution is -2.34. The van der Waals surface area contributed by atoms with Gasteiger partial charge in [-0.15, -0.1) is 0 Å². The number of hydrogen-bond acceptors (Lipinski definition) is 2. The molecule has 1 amide bonds. The summed E-state index contributed by atoms with van der Waals surface area (Å²) in [5, 5.41) is 10.5. The maximum absolute atomic E-state index is 13.0. The van der Waals surface area contributed by atoms with Crippen molar-refractivity contribution in [2.45, 2.75) is 32.6 Å². The van der Waals surface area contributed by atoms with Crippen LogP contribution in [-0.4, -0.2) is 34.0 Å². The molecular weight excluding hydrogens is 348 g/mol. The minimum Gasteiger partial charge on any atom is -0.508 e. The molecule has 0 aliphatic carbocycles. The van der Waals surface area contributed by atoms with Gasteiger partial charge in [-0.3, -0.25) is 4.79 Å². The van der Waals surface area contributed by atoms with E-state index in [9.17, 15) is 9.90 Å². The maximum atomic E-state index is 13.0. The minimum atomic E-state index is 0.0366. The number of H-pyrrole nitrogens is 1. The van der Waals surface area contributed by atoms with Crippen molar-refractivity contribution in [1.29, 1.82) is 0 Å². The maximum Gasteiger partial charge on any atom is 0.270 e. The third-order valence-electron chi connectivity index (χ3n) is 5.45. The van der Waals surface area contributed by atoms with Crippen LogP contribution in [0.15, 0.2) is 54.6 Å². The van der Waals surface area contributed by atoms with Gasteiger partial charge < -0.3 is 15.0 Å². The number of carbonyl (C=O) groups excluding carboxylic acids is 1. The first kappa shape index (κ1) is 18.4. The first-order chi connectivity index (χ1) is 13.3. The summed E-state index contributed by atoms with van der Waals surface area (Å²) in [5.41, 5.74) is 5.29. The Balaban J connectivity index is 1.53. The van der Waals surface area contributed by atoms with Crippen molar-refractivity contribution in [3.63, 3.8) is 0 Å². The molecule has 1 aliphatic rings. The van der Waals surface area contributed by atoms with Crippen LogP contribution in [0.25, 0.3) is 16.5 Å². The van der Waals surface area contributed by atoms with E-state index >= 15 is 0 Å². The summed E-state index contributed by atoms with van der Waals surface area (Å²) in [6.45, 7) is 7.85. The molecule has 4 nitrogen and oxygen atoms in total. The van der Waals surface area contributed by atoms with Gasteiger partial charge in [-0.25, -0.2) is 0 Å². The average molecular weight is 374 g/mol. The number of hydrogen-bond donors (Lipinski definition) is 2. The zero-order chi connectivity index (χ0) is 19.9. The lowest BCUT2D eigenvalue weighted by Gasteiger charge is -2.26. The van der Waals surface area contributed by atoms with E-state index in [1.165, 1.54) is 11.1 Å². The van der Waals surface area contributed by atoms with Gasteiger partial charge in [-0.1, -0.05) is 51.1 Å². The van der Waals surface area contributed by atoms with Crippen LogP contribution in [0.4, 0.5) is 0 Å². The number of benzene rings is 2. The Hall–Kier alpha value is -3.01. The highest BCUT2D eigenvalue weighted by atomic mass is 16.3. The van der Waals surface area contributed by atoms with Gasteiger partial charge >= 0.3 is 0 Å². The molecule has 0 saturated carbocycles. The van der Waals surface area contributed by atoms with Gasteiger partial charge in [0.1, 0.15) is 11.4 Å². The molecule has 0 bridgehead atoms. The fourth-order valence-electron chi connectivity index (χ4n) is 3.67. The Labute approximate surface area is 165 Å². The number of amides is 1. The first-order valence-electron chi connectivity index (χ1n) is 9.72. The normalized spacial score (nSPS) is 15.0. The molecule has 0 unspecified atom stereocenters. The quantitative estimate of drug-likeness (QED) is 0.656. The van der Waals surface area contributed by atoms with Crippen molar-refractivity contribution < 1.29 is 9.90 Å². The molecule has 1 aliphatic heterocycles. The second-order valence-electron chi connectivity index (χ2n) is 8.51. The topological polar surface area (TPSA) is 56.3 Å². The fraction of sp³-hybridized carbons (Fsp3) is 0.292. The summed E-state index contributed by atoms with van der Waals surface area (Å²) < 4.78 is 0. The van der Waals surface area contributed by atoms with Crippen molar-refractivity contribution in [3.8, 4) is 5.75 Å². The molecule has 144 valence electrons. The van der Waals surface area contributed by atoms with Crippen LogP contribution < -0.4 is 0 Å². The molecule has 0 radical (unpaired) electrons. The Morgan fingerprint density at radius 1 is 1.07 bits per heavy atom. The number of carbonyl (C=O) groups is 1. The SMILES string of the molecule is CC(C)(C)c1ccc2cc(C(=O)N3CC=C(c4ccc(O)cc4)CC3)[nH]c2c1. The number of rotatable bonds is 2.